The molecule has 1 aliphatic rings. The van der Waals surface area contributed by atoms with Crippen LogP contribution in [-0.2, 0) is 6.54 Å². The van der Waals surface area contributed by atoms with Gasteiger partial charge < -0.3 is 5.32 Å². The third-order valence-electron chi connectivity index (χ3n) is 2.04. The lowest BCUT2D eigenvalue weighted by Crippen LogP contribution is -2.25. The average Bonchev–Trinajstić information content (AvgIpc) is 2.33. The number of aryl methyl sites for hydroxylation is 1. The second-order valence-electron chi connectivity index (χ2n) is 3.17. The molecule has 1 aliphatic heterocycles. The van der Waals surface area contributed by atoms with E-state index in [1.807, 2.05) is 6.92 Å². The molecule has 0 aliphatic carbocycles. The Bertz CT molecular complexity index is 265. The van der Waals surface area contributed by atoms with Crippen molar-refractivity contribution in [2.24, 2.45) is 5.92 Å². The molecule has 11 heavy (non-hydrogen) atoms. The van der Waals surface area contributed by atoms with E-state index in [0.717, 1.165) is 24.9 Å². The van der Waals surface area contributed by atoms with Crippen LogP contribution in [0.2, 0.25) is 0 Å². The lowest BCUT2D eigenvalue weighted by Gasteiger charge is -2.21. The Morgan fingerprint density at radius 1 is 1.55 bits per heavy atom. The van der Waals surface area contributed by atoms with Crippen LogP contribution < -0.4 is 5.32 Å². The fraction of sp³-hybridized carbons (Fsp3) is 0.714. The zero-order chi connectivity index (χ0) is 7.84. The van der Waals surface area contributed by atoms with Gasteiger partial charge in [-0.15, -0.1) is 10.2 Å². The molecule has 0 spiro atoms. The van der Waals surface area contributed by atoms with Crippen LogP contribution >= 0.6 is 0 Å². The smallest absolute Gasteiger partial charge is 0.224 e. The summed E-state index contributed by atoms with van der Waals surface area (Å²) >= 11 is 0. The van der Waals surface area contributed by atoms with Gasteiger partial charge in [0.15, 0.2) is 0 Å². The highest BCUT2D eigenvalue weighted by atomic mass is 15.4. The molecule has 2 heterocycles. The molecule has 60 valence electrons. The van der Waals surface area contributed by atoms with Gasteiger partial charge in [0.05, 0.1) is 0 Å². The molecule has 4 nitrogen and oxygen atoms in total. The number of fused-ring (bicyclic) bond motifs is 1. The van der Waals surface area contributed by atoms with Gasteiger partial charge >= 0.3 is 0 Å². The Kier molecular flexibility index (Phi) is 1.34. The van der Waals surface area contributed by atoms with Crippen LogP contribution in [0.25, 0.3) is 0 Å². The van der Waals surface area contributed by atoms with Crippen molar-refractivity contribution in [2.45, 2.75) is 20.4 Å². The van der Waals surface area contributed by atoms with Gasteiger partial charge in [0, 0.05) is 13.1 Å². The minimum absolute atomic E-state index is 0.678. The van der Waals surface area contributed by atoms with E-state index >= 15 is 0 Å². The van der Waals surface area contributed by atoms with Crippen molar-refractivity contribution in [3.05, 3.63) is 5.82 Å². The van der Waals surface area contributed by atoms with E-state index in [0.29, 0.717) is 5.92 Å². The standard InChI is InChI=1S/C7H12N4/c1-5-3-8-7-10-9-6(2)11(7)4-5/h5H,3-4H2,1-2H3,(H,8,10). The molecule has 0 bridgehead atoms. The third kappa shape index (κ3) is 0.982. The molecule has 0 fully saturated rings. The van der Waals surface area contributed by atoms with Crippen molar-refractivity contribution in [3.63, 3.8) is 0 Å². The largest absolute Gasteiger partial charge is 0.354 e. The second kappa shape index (κ2) is 2.22. The van der Waals surface area contributed by atoms with Crippen LogP contribution in [0.15, 0.2) is 0 Å². The number of hydrogen-bond acceptors (Lipinski definition) is 3. The van der Waals surface area contributed by atoms with Gasteiger partial charge in [-0.1, -0.05) is 6.92 Å². The highest BCUT2D eigenvalue weighted by Crippen LogP contribution is 2.15. The molecule has 0 radical (unpaired) electrons. The normalized spacial score (nSPS) is 22.5. The average molecular weight is 152 g/mol. The van der Waals surface area contributed by atoms with Crippen molar-refractivity contribution >= 4 is 5.95 Å². The van der Waals surface area contributed by atoms with Gasteiger partial charge in [-0.25, -0.2) is 0 Å². The number of anilines is 1. The molecule has 2 rings (SSSR count). The number of rotatable bonds is 0. The Labute approximate surface area is 65.6 Å². The first kappa shape index (κ1) is 6.64. The van der Waals surface area contributed by atoms with Gasteiger partial charge in [0.2, 0.25) is 5.95 Å². The van der Waals surface area contributed by atoms with E-state index in [9.17, 15) is 0 Å². The van der Waals surface area contributed by atoms with Crippen LogP contribution in [-0.4, -0.2) is 21.3 Å². The van der Waals surface area contributed by atoms with E-state index in [2.05, 4.69) is 27.0 Å². The van der Waals surface area contributed by atoms with E-state index < -0.39 is 0 Å². The van der Waals surface area contributed by atoms with E-state index in [1.165, 1.54) is 0 Å². The van der Waals surface area contributed by atoms with E-state index in [1.54, 1.807) is 0 Å². The van der Waals surface area contributed by atoms with Crippen LogP contribution in [0.3, 0.4) is 0 Å². The topological polar surface area (TPSA) is 42.7 Å². The monoisotopic (exact) mass is 152 g/mol. The highest BCUT2D eigenvalue weighted by Gasteiger charge is 2.16. The minimum atomic E-state index is 0.678. The van der Waals surface area contributed by atoms with Crippen LogP contribution in [0.4, 0.5) is 5.95 Å². The molecule has 1 atom stereocenters. The van der Waals surface area contributed by atoms with Gasteiger partial charge in [-0.3, -0.25) is 4.57 Å². The molecular weight excluding hydrogens is 140 g/mol. The summed E-state index contributed by atoms with van der Waals surface area (Å²) in [6.07, 6.45) is 0. The first-order valence-corrected chi connectivity index (χ1v) is 3.91. The molecule has 1 aromatic rings. The lowest BCUT2D eigenvalue weighted by atomic mass is 10.1. The Balaban J connectivity index is 2.37. The summed E-state index contributed by atoms with van der Waals surface area (Å²) in [7, 11) is 0. The van der Waals surface area contributed by atoms with Gasteiger partial charge in [-0.05, 0) is 12.8 Å². The number of nitrogens with one attached hydrogen (secondary N) is 1. The van der Waals surface area contributed by atoms with E-state index in [4.69, 9.17) is 0 Å². The molecule has 0 saturated heterocycles. The number of nitrogens with zero attached hydrogens (tertiary/aromatic N) is 3. The molecule has 1 N–H and O–H groups in total. The summed E-state index contributed by atoms with van der Waals surface area (Å²) in [6, 6.07) is 0. The van der Waals surface area contributed by atoms with Crippen LogP contribution in [0.1, 0.15) is 12.7 Å². The SMILES string of the molecule is Cc1nnc2n1CC(C)CN2. The predicted octanol–water partition coefficient (Wildman–Crippen LogP) is 0.648. The molecule has 4 heteroatoms. The predicted molar refractivity (Wildman–Crippen MR) is 42.4 cm³/mol. The maximum Gasteiger partial charge on any atom is 0.224 e. The molecule has 0 saturated carbocycles. The van der Waals surface area contributed by atoms with Gasteiger partial charge in [0.1, 0.15) is 5.82 Å². The zero-order valence-electron chi connectivity index (χ0n) is 6.83. The third-order valence-corrected chi connectivity index (χ3v) is 2.04. The Morgan fingerprint density at radius 3 is 3.18 bits per heavy atom. The van der Waals surface area contributed by atoms with Crippen molar-refractivity contribution in [3.8, 4) is 0 Å². The lowest BCUT2D eigenvalue weighted by molar-refractivity contribution is 0.470. The van der Waals surface area contributed by atoms with Crippen molar-refractivity contribution in [2.75, 3.05) is 11.9 Å². The molecular formula is C7H12N4. The zero-order valence-corrected chi connectivity index (χ0v) is 6.83. The molecule has 0 aromatic carbocycles. The summed E-state index contributed by atoms with van der Waals surface area (Å²) in [4.78, 5) is 0. The highest BCUT2D eigenvalue weighted by molar-refractivity contribution is 5.27. The minimum Gasteiger partial charge on any atom is -0.354 e. The second-order valence-corrected chi connectivity index (χ2v) is 3.17. The maximum absolute atomic E-state index is 3.99. The van der Waals surface area contributed by atoms with Crippen molar-refractivity contribution < 1.29 is 0 Å². The number of aromatic nitrogens is 3. The molecule has 0 amide bonds. The Hall–Kier alpha value is -1.06. The Morgan fingerprint density at radius 2 is 2.36 bits per heavy atom. The van der Waals surface area contributed by atoms with Crippen molar-refractivity contribution in [1.82, 2.24) is 14.8 Å². The fourth-order valence-corrected chi connectivity index (χ4v) is 1.37. The summed E-state index contributed by atoms with van der Waals surface area (Å²) in [5.41, 5.74) is 0. The summed E-state index contributed by atoms with van der Waals surface area (Å²) in [5.74, 6) is 2.59. The van der Waals surface area contributed by atoms with Crippen LogP contribution in [0.5, 0.6) is 0 Å². The number of hydrogen-bond donors (Lipinski definition) is 1. The van der Waals surface area contributed by atoms with Gasteiger partial charge in [-0.2, -0.15) is 0 Å². The van der Waals surface area contributed by atoms with Crippen LogP contribution in [0, 0.1) is 12.8 Å². The van der Waals surface area contributed by atoms with Crippen molar-refractivity contribution in [1.29, 1.82) is 0 Å². The first-order valence-electron chi connectivity index (χ1n) is 3.91. The first-order chi connectivity index (χ1) is 5.27. The summed E-state index contributed by atoms with van der Waals surface area (Å²) in [6.45, 7) is 6.25. The molecule has 1 unspecified atom stereocenters. The molecule has 1 aromatic heterocycles. The van der Waals surface area contributed by atoms with E-state index in [-0.39, 0.29) is 0 Å². The van der Waals surface area contributed by atoms with Gasteiger partial charge in [0.25, 0.3) is 0 Å². The fourth-order valence-electron chi connectivity index (χ4n) is 1.37. The summed E-state index contributed by atoms with van der Waals surface area (Å²) in [5, 5.41) is 11.2. The maximum atomic E-state index is 3.99. The quantitative estimate of drug-likeness (QED) is 0.593. The summed E-state index contributed by atoms with van der Waals surface area (Å²) < 4.78 is 2.12.